The Balaban J connectivity index is 1.77. The molecule has 1 spiro atoms. The summed E-state index contributed by atoms with van der Waals surface area (Å²) in [5, 5.41) is 4.43. The van der Waals surface area contributed by atoms with Crippen molar-refractivity contribution in [1.82, 2.24) is 0 Å². The first-order valence-corrected chi connectivity index (χ1v) is 7.98. The molecule has 1 aromatic rings. The normalized spacial score (nSPS) is 21.5. The molecule has 1 aromatic carbocycles. The molecule has 0 bridgehead atoms. The maximum absolute atomic E-state index is 13.7. The molecule has 102 valence electrons. The molecule has 1 aliphatic heterocycles. The molecule has 1 heterocycles. The summed E-state index contributed by atoms with van der Waals surface area (Å²) in [4.78, 5) is 4.80. The minimum absolute atomic E-state index is 0.0975. The zero-order valence-electron chi connectivity index (χ0n) is 10.6. The SMILES string of the molecule is Fc1ccc(Cl)cc1NC1=NC2(CCCCC2)CS1. The van der Waals surface area contributed by atoms with Crippen LogP contribution < -0.4 is 5.32 Å². The quantitative estimate of drug-likeness (QED) is 0.813. The third-order valence-electron chi connectivity index (χ3n) is 3.77. The summed E-state index contributed by atoms with van der Waals surface area (Å²) in [5.74, 6) is 0.717. The molecule has 5 heteroatoms. The topological polar surface area (TPSA) is 24.4 Å². The number of thioether (sulfide) groups is 1. The predicted octanol–water partition coefficient (Wildman–Crippen LogP) is 4.70. The first-order valence-electron chi connectivity index (χ1n) is 6.62. The van der Waals surface area contributed by atoms with Crippen LogP contribution in [0.3, 0.4) is 0 Å². The molecule has 0 aromatic heterocycles. The monoisotopic (exact) mass is 298 g/mol. The van der Waals surface area contributed by atoms with Gasteiger partial charge in [-0.25, -0.2) is 4.39 Å². The van der Waals surface area contributed by atoms with Gasteiger partial charge in [-0.15, -0.1) is 0 Å². The lowest BCUT2D eigenvalue weighted by atomic mass is 9.84. The zero-order valence-corrected chi connectivity index (χ0v) is 12.2. The van der Waals surface area contributed by atoms with Crippen molar-refractivity contribution in [3.8, 4) is 0 Å². The lowest BCUT2D eigenvalue weighted by molar-refractivity contribution is 0.335. The molecule has 3 rings (SSSR count). The van der Waals surface area contributed by atoms with E-state index in [0.29, 0.717) is 10.7 Å². The molecule has 1 N–H and O–H groups in total. The highest BCUT2D eigenvalue weighted by molar-refractivity contribution is 8.14. The molecule has 19 heavy (non-hydrogen) atoms. The van der Waals surface area contributed by atoms with Crippen molar-refractivity contribution >= 4 is 34.2 Å². The van der Waals surface area contributed by atoms with Gasteiger partial charge >= 0.3 is 0 Å². The average Bonchev–Trinajstić information content (AvgIpc) is 2.78. The average molecular weight is 299 g/mol. The lowest BCUT2D eigenvalue weighted by Crippen LogP contribution is -2.29. The van der Waals surface area contributed by atoms with Gasteiger partial charge in [0.1, 0.15) is 5.82 Å². The van der Waals surface area contributed by atoms with Gasteiger partial charge in [-0.2, -0.15) is 0 Å². The highest BCUT2D eigenvalue weighted by Crippen LogP contribution is 2.40. The van der Waals surface area contributed by atoms with E-state index in [0.717, 1.165) is 23.8 Å². The summed E-state index contributed by atoms with van der Waals surface area (Å²) in [6.45, 7) is 0. The van der Waals surface area contributed by atoms with Gasteiger partial charge < -0.3 is 5.32 Å². The molecule has 2 aliphatic rings. The lowest BCUT2D eigenvalue weighted by Gasteiger charge is -2.29. The fourth-order valence-electron chi connectivity index (χ4n) is 2.72. The Morgan fingerprint density at radius 1 is 1.26 bits per heavy atom. The number of benzene rings is 1. The van der Waals surface area contributed by atoms with Crippen LogP contribution in [0.15, 0.2) is 23.2 Å². The van der Waals surface area contributed by atoms with Crippen molar-refractivity contribution in [3.05, 3.63) is 29.0 Å². The van der Waals surface area contributed by atoms with Crippen LogP contribution in [0.4, 0.5) is 10.1 Å². The molecule has 2 nitrogen and oxygen atoms in total. The van der Waals surface area contributed by atoms with E-state index in [2.05, 4.69) is 5.32 Å². The Hall–Kier alpha value is -0.740. The largest absolute Gasteiger partial charge is 0.333 e. The zero-order chi connectivity index (χ0) is 13.3. The van der Waals surface area contributed by atoms with Gasteiger partial charge in [-0.1, -0.05) is 42.6 Å². The maximum atomic E-state index is 13.7. The molecule has 0 radical (unpaired) electrons. The Morgan fingerprint density at radius 2 is 2.05 bits per heavy atom. The minimum Gasteiger partial charge on any atom is -0.333 e. The number of anilines is 1. The number of hydrogen-bond donors (Lipinski definition) is 1. The van der Waals surface area contributed by atoms with Crippen molar-refractivity contribution in [2.45, 2.75) is 37.6 Å². The van der Waals surface area contributed by atoms with E-state index < -0.39 is 0 Å². The molecule has 0 unspecified atom stereocenters. The maximum Gasteiger partial charge on any atom is 0.161 e. The Labute approximate surface area is 121 Å². The van der Waals surface area contributed by atoms with Crippen LogP contribution in [0.25, 0.3) is 0 Å². The Bertz CT molecular complexity index is 512. The summed E-state index contributed by atoms with van der Waals surface area (Å²) in [7, 11) is 0. The van der Waals surface area contributed by atoms with Crippen LogP contribution in [-0.2, 0) is 0 Å². The third kappa shape index (κ3) is 2.90. The fraction of sp³-hybridized carbons (Fsp3) is 0.500. The first-order chi connectivity index (χ1) is 9.17. The van der Waals surface area contributed by atoms with E-state index >= 15 is 0 Å². The number of halogens is 2. The molecule has 1 aliphatic carbocycles. The molecule has 0 atom stereocenters. The molecule has 0 amide bonds. The van der Waals surface area contributed by atoms with E-state index in [1.165, 1.54) is 25.3 Å². The molecule has 1 saturated carbocycles. The van der Waals surface area contributed by atoms with Crippen LogP contribution in [0.2, 0.25) is 5.02 Å². The second kappa shape index (κ2) is 5.33. The van der Waals surface area contributed by atoms with Crippen molar-refractivity contribution < 1.29 is 4.39 Å². The number of rotatable bonds is 1. The van der Waals surface area contributed by atoms with Gasteiger partial charge in [0.2, 0.25) is 0 Å². The van der Waals surface area contributed by atoms with Crippen LogP contribution in [0.1, 0.15) is 32.1 Å². The van der Waals surface area contributed by atoms with Gasteiger partial charge in [-0.3, -0.25) is 4.99 Å². The van der Waals surface area contributed by atoms with E-state index in [1.807, 2.05) is 0 Å². The number of aliphatic imine (C=N–C) groups is 1. The standard InChI is InChI=1S/C14H16ClFN2S/c15-10-4-5-11(16)12(8-10)17-13-18-14(9-19-13)6-2-1-3-7-14/h4-5,8H,1-3,6-7,9H2,(H,17,18). The van der Waals surface area contributed by atoms with Crippen molar-refractivity contribution in [3.63, 3.8) is 0 Å². The second-order valence-electron chi connectivity index (χ2n) is 5.24. The number of hydrogen-bond acceptors (Lipinski definition) is 3. The molecule has 0 saturated heterocycles. The minimum atomic E-state index is -0.294. The van der Waals surface area contributed by atoms with E-state index in [1.54, 1.807) is 23.9 Å². The predicted molar refractivity (Wildman–Crippen MR) is 80.7 cm³/mol. The number of nitrogens with zero attached hydrogens (tertiary/aromatic N) is 1. The van der Waals surface area contributed by atoms with Gasteiger partial charge in [0, 0.05) is 10.8 Å². The van der Waals surface area contributed by atoms with Gasteiger partial charge in [0.25, 0.3) is 0 Å². The fourth-order valence-corrected chi connectivity index (χ4v) is 4.09. The molecular weight excluding hydrogens is 283 g/mol. The van der Waals surface area contributed by atoms with E-state index in [4.69, 9.17) is 16.6 Å². The summed E-state index contributed by atoms with van der Waals surface area (Å²) < 4.78 is 13.7. The third-order valence-corrected chi connectivity index (χ3v) is 5.15. The molecular formula is C14H16ClFN2S. The van der Waals surface area contributed by atoms with Gasteiger partial charge in [0.15, 0.2) is 5.17 Å². The Kier molecular flexibility index (Phi) is 3.72. The van der Waals surface area contributed by atoms with Crippen molar-refractivity contribution in [2.75, 3.05) is 11.1 Å². The van der Waals surface area contributed by atoms with Gasteiger partial charge in [0.05, 0.1) is 11.2 Å². The second-order valence-corrected chi connectivity index (χ2v) is 6.64. The number of amidine groups is 1. The highest BCUT2D eigenvalue weighted by Gasteiger charge is 2.36. The van der Waals surface area contributed by atoms with E-state index in [9.17, 15) is 4.39 Å². The highest BCUT2D eigenvalue weighted by atomic mass is 35.5. The van der Waals surface area contributed by atoms with Crippen molar-refractivity contribution in [2.24, 2.45) is 4.99 Å². The summed E-state index contributed by atoms with van der Waals surface area (Å²) in [5.41, 5.74) is 0.506. The smallest absolute Gasteiger partial charge is 0.161 e. The molecule has 1 fully saturated rings. The van der Waals surface area contributed by atoms with Gasteiger partial charge in [-0.05, 0) is 31.0 Å². The van der Waals surface area contributed by atoms with Crippen LogP contribution in [0, 0.1) is 5.82 Å². The Morgan fingerprint density at radius 3 is 2.84 bits per heavy atom. The van der Waals surface area contributed by atoms with E-state index in [-0.39, 0.29) is 11.4 Å². The first kappa shape index (κ1) is 13.3. The van der Waals surface area contributed by atoms with Crippen LogP contribution in [0.5, 0.6) is 0 Å². The summed E-state index contributed by atoms with van der Waals surface area (Å²) in [6, 6.07) is 4.53. The summed E-state index contributed by atoms with van der Waals surface area (Å²) >= 11 is 7.58. The van der Waals surface area contributed by atoms with Crippen LogP contribution >= 0.6 is 23.4 Å². The summed E-state index contributed by atoms with van der Waals surface area (Å²) in [6.07, 6.45) is 6.13. The van der Waals surface area contributed by atoms with Crippen molar-refractivity contribution in [1.29, 1.82) is 0 Å². The number of nitrogens with one attached hydrogen (secondary N) is 1. The van der Waals surface area contributed by atoms with Crippen LogP contribution in [-0.4, -0.2) is 16.5 Å².